The van der Waals surface area contributed by atoms with Crippen molar-refractivity contribution in [3.8, 4) is 5.75 Å². The van der Waals surface area contributed by atoms with Crippen molar-refractivity contribution in [3.05, 3.63) is 34.7 Å². The SMILES string of the molecule is CCNc1cccc2oc(=O)cc(O)c12. The van der Waals surface area contributed by atoms with Crippen molar-refractivity contribution in [2.24, 2.45) is 0 Å². The highest BCUT2D eigenvalue weighted by Gasteiger charge is 2.08. The predicted octanol–water partition coefficient (Wildman–Crippen LogP) is 1.93. The highest BCUT2D eigenvalue weighted by atomic mass is 16.4. The fourth-order valence-corrected chi connectivity index (χ4v) is 1.54. The Balaban J connectivity index is 2.79. The molecule has 4 heteroatoms. The number of hydrogen-bond acceptors (Lipinski definition) is 4. The van der Waals surface area contributed by atoms with Gasteiger partial charge in [-0.15, -0.1) is 0 Å². The van der Waals surface area contributed by atoms with Gasteiger partial charge in [-0.2, -0.15) is 0 Å². The molecule has 0 atom stereocenters. The van der Waals surface area contributed by atoms with E-state index in [9.17, 15) is 9.90 Å². The van der Waals surface area contributed by atoms with Crippen LogP contribution < -0.4 is 10.9 Å². The van der Waals surface area contributed by atoms with Crippen LogP contribution in [0, 0.1) is 0 Å². The van der Waals surface area contributed by atoms with Gasteiger partial charge >= 0.3 is 5.63 Å². The van der Waals surface area contributed by atoms with E-state index in [4.69, 9.17) is 4.42 Å². The molecule has 0 aliphatic heterocycles. The van der Waals surface area contributed by atoms with E-state index in [1.807, 2.05) is 13.0 Å². The number of fused-ring (bicyclic) bond motifs is 1. The fourth-order valence-electron chi connectivity index (χ4n) is 1.54. The van der Waals surface area contributed by atoms with Crippen molar-refractivity contribution in [3.63, 3.8) is 0 Å². The summed E-state index contributed by atoms with van der Waals surface area (Å²) in [5.41, 5.74) is 0.600. The molecule has 0 bridgehead atoms. The van der Waals surface area contributed by atoms with Gasteiger partial charge in [-0.25, -0.2) is 4.79 Å². The van der Waals surface area contributed by atoms with Crippen molar-refractivity contribution in [1.82, 2.24) is 0 Å². The highest BCUT2D eigenvalue weighted by Crippen LogP contribution is 2.29. The summed E-state index contributed by atoms with van der Waals surface area (Å²) >= 11 is 0. The lowest BCUT2D eigenvalue weighted by Crippen LogP contribution is -2.00. The standard InChI is InChI=1S/C11H11NO3/c1-2-12-7-4-3-5-9-11(7)8(13)6-10(14)15-9/h3-6,12-13H,2H2,1H3. The fraction of sp³-hybridized carbons (Fsp3) is 0.182. The lowest BCUT2D eigenvalue weighted by Gasteiger charge is -2.07. The Morgan fingerprint density at radius 3 is 3.00 bits per heavy atom. The zero-order chi connectivity index (χ0) is 10.8. The van der Waals surface area contributed by atoms with Crippen LogP contribution in [0.1, 0.15) is 6.92 Å². The van der Waals surface area contributed by atoms with Crippen LogP contribution in [0.3, 0.4) is 0 Å². The van der Waals surface area contributed by atoms with E-state index in [0.29, 0.717) is 11.0 Å². The maximum absolute atomic E-state index is 11.0. The Labute approximate surface area is 86.2 Å². The van der Waals surface area contributed by atoms with Gasteiger partial charge in [0.1, 0.15) is 11.3 Å². The molecule has 78 valence electrons. The minimum absolute atomic E-state index is 0.0576. The summed E-state index contributed by atoms with van der Waals surface area (Å²) < 4.78 is 4.97. The Hall–Kier alpha value is -1.97. The third-order valence-electron chi connectivity index (χ3n) is 2.11. The minimum atomic E-state index is -0.548. The van der Waals surface area contributed by atoms with Crippen LogP contribution in [0.25, 0.3) is 11.0 Å². The summed E-state index contributed by atoms with van der Waals surface area (Å²) in [6.07, 6.45) is 0. The van der Waals surface area contributed by atoms with E-state index >= 15 is 0 Å². The Morgan fingerprint density at radius 2 is 2.27 bits per heavy atom. The molecule has 0 aliphatic rings. The molecule has 2 N–H and O–H groups in total. The van der Waals surface area contributed by atoms with Gasteiger partial charge in [0, 0.05) is 12.2 Å². The number of aromatic hydroxyl groups is 1. The molecule has 15 heavy (non-hydrogen) atoms. The van der Waals surface area contributed by atoms with Gasteiger partial charge in [0.15, 0.2) is 0 Å². The van der Waals surface area contributed by atoms with Crippen molar-refractivity contribution in [2.75, 3.05) is 11.9 Å². The maximum atomic E-state index is 11.0. The number of benzene rings is 1. The van der Waals surface area contributed by atoms with Crippen LogP contribution in [-0.4, -0.2) is 11.7 Å². The molecule has 1 aromatic heterocycles. The molecule has 0 fully saturated rings. The molecule has 0 spiro atoms. The highest BCUT2D eigenvalue weighted by molar-refractivity contribution is 5.94. The Kier molecular flexibility index (Phi) is 2.33. The molecule has 0 unspecified atom stereocenters. The normalized spacial score (nSPS) is 10.5. The van der Waals surface area contributed by atoms with Gasteiger partial charge in [-0.1, -0.05) is 6.07 Å². The molecule has 0 amide bonds. The summed E-state index contributed by atoms with van der Waals surface area (Å²) in [5.74, 6) is -0.0576. The van der Waals surface area contributed by atoms with Crippen LogP contribution in [0.5, 0.6) is 5.75 Å². The van der Waals surface area contributed by atoms with E-state index in [1.54, 1.807) is 12.1 Å². The second-order valence-corrected chi connectivity index (χ2v) is 3.16. The lowest BCUT2D eigenvalue weighted by atomic mass is 10.2. The third kappa shape index (κ3) is 1.66. The molecule has 0 saturated heterocycles. The quantitative estimate of drug-likeness (QED) is 0.735. The Bertz CT molecular complexity index is 545. The minimum Gasteiger partial charge on any atom is -0.507 e. The molecule has 0 saturated carbocycles. The second-order valence-electron chi connectivity index (χ2n) is 3.16. The van der Waals surface area contributed by atoms with Crippen LogP contribution in [-0.2, 0) is 0 Å². The molecule has 0 aliphatic carbocycles. The molecule has 1 aromatic carbocycles. The van der Waals surface area contributed by atoms with Gasteiger partial charge < -0.3 is 14.8 Å². The number of hydrogen-bond donors (Lipinski definition) is 2. The summed E-state index contributed by atoms with van der Waals surface area (Å²) in [6, 6.07) is 6.31. The molecule has 4 nitrogen and oxygen atoms in total. The molecule has 1 heterocycles. The maximum Gasteiger partial charge on any atom is 0.339 e. The Morgan fingerprint density at radius 1 is 1.47 bits per heavy atom. The van der Waals surface area contributed by atoms with Gasteiger partial charge in [0.2, 0.25) is 0 Å². The van der Waals surface area contributed by atoms with Gasteiger partial charge in [-0.05, 0) is 19.1 Å². The summed E-state index contributed by atoms with van der Waals surface area (Å²) in [5, 5.41) is 13.3. The van der Waals surface area contributed by atoms with Crippen LogP contribution in [0.4, 0.5) is 5.69 Å². The van der Waals surface area contributed by atoms with Crippen LogP contribution in [0.15, 0.2) is 33.5 Å². The zero-order valence-corrected chi connectivity index (χ0v) is 8.28. The van der Waals surface area contributed by atoms with Crippen molar-refractivity contribution >= 4 is 16.7 Å². The van der Waals surface area contributed by atoms with E-state index in [1.165, 1.54) is 0 Å². The first kappa shape index (κ1) is 9.58. The number of rotatable bonds is 2. The molecule has 0 radical (unpaired) electrons. The summed E-state index contributed by atoms with van der Waals surface area (Å²) in [7, 11) is 0. The van der Waals surface area contributed by atoms with Gasteiger partial charge in [0.25, 0.3) is 0 Å². The molecule has 2 rings (SSSR count). The van der Waals surface area contributed by atoms with Crippen molar-refractivity contribution in [2.45, 2.75) is 6.92 Å². The molecular formula is C11H11NO3. The van der Waals surface area contributed by atoms with Gasteiger partial charge in [0.05, 0.1) is 11.5 Å². The van der Waals surface area contributed by atoms with E-state index in [0.717, 1.165) is 18.3 Å². The average molecular weight is 205 g/mol. The first-order chi connectivity index (χ1) is 7.22. The van der Waals surface area contributed by atoms with Crippen molar-refractivity contribution < 1.29 is 9.52 Å². The largest absolute Gasteiger partial charge is 0.507 e. The smallest absolute Gasteiger partial charge is 0.339 e. The average Bonchev–Trinajstić information content (AvgIpc) is 2.17. The van der Waals surface area contributed by atoms with Crippen LogP contribution in [0.2, 0.25) is 0 Å². The summed E-state index contributed by atoms with van der Waals surface area (Å²) in [4.78, 5) is 11.0. The zero-order valence-electron chi connectivity index (χ0n) is 8.28. The van der Waals surface area contributed by atoms with Crippen molar-refractivity contribution in [1.29, 1.82) is 0 Å². The number of anilines is 1. The first-order valence-electron chi connectivity index (χ1n) is 4.72. The van der Waals surface area contributed by atoms with Gasteiger partial charge in [-0.3, -0.25) is 0 Å². The second kappa shape index (κ2) is 3.65. The molecular weight excluding hydrogens is 194 g/mol. The third-order valence-corrected chi connectivity index (χ3v) is 2.11. The first-order valence-corrected chi connectivity index (χ1v) is 4.72. The van der Waals surface area contributed by atoms with Crippen LogP contribution >= 0.6 is 0 Å². The topological polar surface area (TPSA) is 62.5 Å². The predicted molar refractivity (Wildman–Crippen MR) is 58.3 cm³/mol. The number of nitrogens with one attached hydrogen (secondary N) is 1. The monoisotopic (exact) mass is 205 g/mol. The summed E-state index contributed by atoms with van der Waals surface area (Å²) in [6.45, 7) is 2.69. The van der Waals surface area contributed by atoms with E-state index in [-0.39, 0.29) is 5.75 Å². The lowest BCUT2D eigenvalue weighted by molar-refractivity contribution is 0.468. The van der Waals surface area contributed by atoms with E-state index in [2.05, 4.69) is 5.32 Å². The van der Waals surface area contributed by atoms with E-state index < -0.39 is 5.63 Å². The molecule has 2 aromatic rings.